The van der Waals surface area contributed by atoms with E-state index in [0.29, 0.717) is 0 Å². The molecule has 0 spiro atoms. The molecule has 2 aromatic rings. The van der Waals surface area contributed by atoms with Gasteiger partial charge in [-0.1, -0.05) is 96.5 Å². The molecule has 0 aromatic heterocycles. The van der Waals surface area contributed by atoms with Crippen LogP contribution in [-0.4, -0.2) is 7.11 Å². The first-order valence-electron chi connectivity index (χ1n) is 9.88. The molecule has 0 heterocycles. The Hall–Kier alpha value is -2.02. The number of allylic oxidation sites excluding steroid dienone is 1. The molecule has 0 bridgehead atoms. The van der Waals surface area contributed by atoms with E-state index >= 15 is 0 Å². The second-order valence-electron chi connectivity index (χ2n) is 7.19. The predicted molar refractivity (Wildman–Crippen MR) is 117 cm³/mol. The van der Waals surface area contributed by atoms with Crippen LogP contribution >= 0.6 is 0 Å². The third-order valence-electron chi connectivity index (χ3n) is 4.34. The topological polar surface area (TPSA) is 9.23 Å². The lowest BCUT2D eigenvalue weighted by Crippen LogP contribution is -2.14. The second-order valence-corrected chi connectivity index (χ2v) is 7.19. The molecular weight excluding hydrogens is 316 g/mol. The van der Waals surface area contributed by atoms with Gasteiger partial charge in [0, 0.05) is 11.1 Å². The van der Waals surface area contributed by atoms with Gasteiger partial charge in [0.2, 0.25) is 0 Å². The van der Waals surface area contributed by atoms with E-state index in [9.17, 15) is 0 Å². The summed E-state index contributed by atoms with van der Waals surface area (Å²) in [6.45, 7) is 17.0. The van der Waals surface area contributed by atoms with Crippen molar-refractivity contribution in [2.45, 2.75) is 67.2 Å². The monoisotopic (exact) mass is 352 g/mol. The lowest BCUT2D eigenvalue weighted by Gasteiger charge is -2.26. The number of methoxy groups -OCH3 is 1. The minimum absolute atomic E-state index is 0.0560. The molecule has 0 amide bonds. The number of benzene rings is 2. The number of hydrogen-bond donors (Lipinski definition) is 0. The first kappa shape index (κ1) is 22.0. The van der Waals surface area contributed by atoms with E-state index in [1.165, 1.54) is 33.4 Å². The normalized spacial score (nSPS) is 12.1. The van der Waals surface area contributed by atoms with Crippen LogP contribution in [0.15, 0.2) is 42.0 Å². The van der Waals surface area contributed by atoms with Crippen molar-refractivity contribution in [3.63, 3.8) is 0 Å². The molecule has 0 fully saturated rings. The third-order valence-corrected chi connectivity index (χ3v) is 4.34. The SMILES string of the molecule is CC.CC.COc1c(C(C)(C)C)cc2c(c1-c1ccccc1)C=C(C)C2. The smallest absolute Gasteiger partial charge is 0.131 e. The predicted octanol–water partition coefficient (Wildman–Crippen LogP) is 7.67. The Labute approximate surface area is 161 Å². The summed E-state index contributed by atoms with van der Waals surface area (Å²) in [4.78, 5) is 0. The quantitative estimate of drug-likeness (QED) is 0.538. The summed E-state index contributed by atoms with van der Waals surface area (Å²) in [6.07, 6.45) is 3.36. The molecule has 0 aliphatic heterocycles. The van der Waals surface area contributed by atoms with Crippen molar-refractivity contribution in [1.29, 1.82) is 0 Å². The van der Waals surface area contributed by atoms with E-state index in [4.69, 9.17) is 4.74 Å². The maximum Gasteiger partial charge on any atom is 0.131 e. The molecule has 1 aliphatic rings. The fourth-order valence-electron chi connectivity index (χ4n) is 3.30. The Kier molecular flexibility index (Phi) is 8.14. The highest BCUT2D eigenvalue weighted by molar-refractivity contribution is 5.86. The lowest BCUT2D eigenvalue weighted by molar-refractivity contribution is 0.399. The van der Waals surface area contributed by atoms with Gasteiger partial charge in [0.1, 0.15) is 5.75 Å². The summed E-state index contributed by atoms with van der Waals surface area (Å²) in [5.74, 6) is 1.02. The van der Waals surface area contributed by atoms with Gasteiger partial charge in [0.15, 0.2) is 0 Å². The molecule has 0 atom stereocenters. The average molecular weight is 353 g/mol. The maximum atomic E-state index is 5.89. The summed E-state index contributed by atoms with van der Waals surface area (Å²) >= 11 is 0. The lowest BCUT2D eigenvalue weighted by atomic mass is 9.81. The molecule has 3 rings (SSSR count). The van der Waals surface area contributed by atoms with Crippen LogP contribution in [0.25, 0.3) is 17.2 Å². The zero-order valence-electron chi connectivity index (χ0n) is 18.2. The standard InChI is InChI=1S/C21H24O.2C2H6/c1-14-11-16-13-18(21(2,3)4)20(22-5)19(17(16)12-14)15-9-7-6-8-10-15;2*1-2/h6-10,12-13H,11H2,1-5H3;2*1-2H3. The summed E-state index contributed by atoms with van der Waals surface area (Å²) in [7, 11) is 1.79. The molecule has 1 heteroatoms. The molecule has 1 aliphatic carbocycles. The van der Waals surface area contributed by atoms with Crippen LogP contribution in [0.5, 0.6) is 5.75 Å². The highest BCUT2D eigenvalue weighted by Gasteiger charge is 2.27. The maximum absolute atomic E-state index is 5.89. The zero-order chi connectivity index (χ0) is 19.9. The highest BCUT2D eigenvalue weighted by atomic mass is 16.5. The number of ether oxygens (including phenoxy) is 1. The molecule has 2 aromatic carbocycles. The van der Waals surface area contributed by atoms with E-state index in [1.807, 2.05) is 27.7 Å². The van der Waals surface area contributed by atoms with E-state index in [0.717, 1.165) is 12.2 Å². The van der Waals surface area contributed by atoms with E-state index in [-0.39, 0.29) is 5.41 Å². The van der Waals surface area contributed by atoms with Crippen LogP contribution in [0, 0.1) is 0 Å². The van der Waals surface area contributed by atoms with Crippen molar-refractivity contribution in [3.05, 3.63) is 58.7 Å². The highest BCUT2D eigenvalue weighted by Crippen LogP contribution is 2.46. The Bertz CT molecular complexity index is 731. The van der Waals surface area contributed by atoms with Gasteiger partial charge in [0.25, 0.3) is 0 Å². The molecule has 26 heavy (non-hydrogen) atoms. The third kappa shape index (κ3) is 4.58. The van der Waals surface area contributed by atoms with Gasteiger partial charge in [-0.25, -0.2) is 0 Å². The van der Waals surface area contributed by atoms with Crippen molar-refractivity contribution in [3.8, 4) is 16.9 Å². The first-order chi connectivity index (χ1) is 12.4. The van der Waals surface area contributed by atoms with Crippen LogP contribution in [0.4, 0.5) is 0 Å². The minimum atomic E-state index is 0.0560. The summed E-state index contributed by atoms with van der Waals surface area (Å²) in [5.41, 5.74) is 7.97. The molecule has 0 saturated heterocycles. The van der Waals surface area contributed by atoms with Gasteiger partial charge in [-0.3, -0.25) is 0 Å². The average Bonchev–Trinajstić information content (AvgIpc) is 3.03. The van der Waals surface area contributed by atoms with Gasteiger partial charge < -0.3 is 4.74 Å². The summed E-state index contributed by atoms with van der Waals surface area (Å²) < 4.78 is 5.89. The Morgan fingerprint density at radius 3 is 2.00 bits per heavy atom. The van der Waals surface area contributed by atoms with E-state index < -0.39 is 0 Å². The van der Waals surface area contributed by atoms with Crippen molar-refractivity contribution in [1.82, 2.24) is 0 Å². The largest absolute Gasteiger partial charge is 0.496 e. The van der Waals surface area contributed by atoms with E-state index in [1.54, 1.807) is 7.11 Å². The molecule has 0 N–H and O–H groups in total. The fraction of sp³-hybridized carbons (Fsp3) is 0.440. The van der Waals surface area contributed by atoms with Gasteiger partial charge in [-0.2, -0.15) is 0 Å². The van der Waals surface area contributed by atoms with Gasteiger partial charge >= 0.3 is 0 Å². The van der Waals surface area contributed by atoms with Gasteiger partial charge in [0.05, 0.1) is 7.11 Å². The van der Waals surface area contributed by atoms with E-state index in [2.05, 4.69) is 70.2 Å². The number of hydrogen-bond acceptors (Lipinski definition) is 1. The molecular formula is C25H36O. The second kappa shape index (κ2) is 9.62. The Morgan fingerprint density at radius 2 is 1.50 bits per heavy atom. The Balaban J connectivity index is 0.000000791. The van der Waals surface area contributed by atoms with Crippen molar-refractivity contribution >= 4 is 6.08 Å². The first-order valence-corrected chi connectivity index (χ1v) is 9.88. The van der Waals surface area contributed by atoms with Crippen LogP contribution in [0.1, 0.15) is 72.1 Å². The van der Waals surface area contributed by atoms with Gasteiger partial charge in [-0.15, -0.1) is 0 Å². The van der Waals surface area contributed by atoms with Crippen LogP contribution in [0.2, 0.25) is 0 Å². The molecule has 0 saturated carbocycles. The number of rotatable bonds is 2. The fourth-order valence-corrected chi connectivity index (χ4v) is 3.30. The molecule has 142 valence electrons. The number of fused-ring (bicyclic) bond motifs is 1. The minimum Gasteiger partial charge on any atom is -0.496 e. The molecule has 0 radical (unpaired) electrons. The molecule has 1 nitrogen and oxygen atoms in total. The summed E-state index contributed by atoms with van der Waals surface area (Å²) in [5, 5.41) is 0. The van der Waals surface area contributed by atoms with Crippen LogP contribution in [-0.2, 0) is 11.8 Å². The van der Waals surface area contributed by atoms with Crippen molar-refractivity contribution in [2.75, 3.05) is 7.11 Å². The van der Waals surface area contributed by atoms with Crippen LogP contribution in [0.3, 0.4) is 0 Å². The molecule has 0 unspecified atom stereocenters. The summed E-state index contributed by atoms with van der Waals surface area (Å²) in [6, 6.07) is 12.9. The van der Waals surface area contributed by atoms with Crippen molar-refractivity contribution in [2.24, 2.45) is 0 Å². The zero-order valence-corrected chi connectivity index (χ0v) is 18.2. The van der Waals surface area contributed by atoms with Crippen LogP contribution < -0.4 is 4.74 Å². The Morgan fingerprint density at radius 1 is 0.923 bits per heavy atom. The van der Waals surface area contributed by atoms with Crippen molar-refractivity contribution < 1.29 is 4.74 Å². The van der Waals surface area contributed by atoms with Gasteiger partial charge in [-0.05, 0) is 35.4 Å².